The third-order valence-corrected chi connectivity index (χ3v) is 4.47. The van der Waals surface area contributed by atoms with Gasteiger partial charge in [-0.25, -0.2) is 13.4 Å². The van der Waals surface area contributed by atoms with Crippen molar-refractivity contribution in [3.05, 3.63) is 17.8 Å². The van der Waals surface area contributed by atoms with E-state index in [-0.39, 0.29) is 0 Å². The van der Waals surface area contributed by atoms with Gasteiger partial charge in [-0.15, -0.1) is 0 Å². The van der Waals surface area contributed by atoms with E-state index < -0.39 is 10.0 Å². The lowest BCUT2D eigenvalue weighted by Crippen LogP contribution is -2.48. The maximum absolute atomic E-state index is 11.4. The van der Waals surface area contributed by atoms with Crippen LogP contribution >= 0.6 is 0 Å². The minimum Gasteiger partial charge on any atom is -0.398 e. The zero-order valence-corrected chi connectivity index (χ0v) is 11.4. The third kappa shape index (κ3) is 2.73. The molecule has 0 aromatic carbocycles. The molecule has 100 valence electrons. The standard InChI is InChI=1S/C11H18N4O2S/c1-9-8-13-11(7-10(9)12)14-3-5-15(6-4-14)18(2,16)17/h7-8H,3-6H2,1-2H3,(H2,12,13). The Labute approximate surface area is 107 Å². The molecule has 0 amide bonds. The van der Waals surface area contributed by atoms with Gasteiger partial charge in [0, 0.05) is 44.1 Å². The highest BCUT2D eigenvalue weighted by Crippen LogP contribution is 2.19. The molecule has 1 aromatic rings. The number of nitrogens with two attached hydrogens (primary N) is 1. The Morgan fingerprint density at radius 1 is 1.28 bits per heavy atom. The lowest BCUT2D eigenvalue weighted by Gasteiger charge is -2.34. The summed E-state index contributed by atoms with van der Waals surface area (Å²) in [6.07, 6.45) is 2.98. The molecule has 0 spiro atoms. The molecule has 1 fully saturated rings. The molecule has 1 aliphatic rings. The Balaban J connectivity index is 2.08. The van der Waals surface area contributed by atoms with Crippen molar-refractivity contribution in [3.63, 3.8) is 0 Å². The molecular formula is C11H18N4O2S. The molecule has 1 saturated heterocycles. The van der Waals surface area contributed by atoms with E-state index in [0.29, 0.717) is 31.9 Å². The molecule has 1 aliphatic heterocycles. The molecule has 0 radical (unpaired) electrons. The molecule has 0 saturated carbocycles. The molecule has 0 aliphatic carbocycles. The smallest absolute Gasteiger partial charge is 0.211 e. The van der Waals surface area contributed by atoms with Gasteiger partial charge in [0.2, 0.25) is 10.0 Å². The van der Waals surface area contributed by atoms with Gasteiger partial charge in [0.15, 0.2) is 0 Å². The van der Waals surface area contributed by atoms with Crippen molar-refractivity contribution in [2.75, 3.05) is 43.1 Å². The molecule has 0 atom stereocenters. The number of rotatable bonds is 2. The van der Waals surface area contributed by atoms with Gasteiger partial charge in [0.05, 0.1) is 6.26 Å². The molecule has 2 N–H and O–H groups in total. The lowest BCUT2D eigenvalue weighted by atomic mass is 10.2. The average Bonchev–Trinajstić information content (AvgIpc) is 2.32. The Morgan fingerprint density at radius 2 is 1.89 bits per heavy atom. The highest BCUT2D eigenvalue weighted by Gasteiger charge is 2.24. The van der Waals surface area contributed by atoms with Crippen molar-refractivity contribution in [3.8, 4) is 0 Å². The van der Waals surface area contributed by atoms with E-state index in [1.165, 1.54) is 10.6 Å². The van der Waals surface area contributed by atoms with Gasteiger partial charge in [-0.3, -0.25) is 0 Å². The largest absolute Gasteiger partial charge is 0.398 e. The van der Waals surface area contributed by atoms with E-state index in [9.17, 15) is 8.42 Å². The van der Waals surface area contributed by atoms with Crippen molar-refractivity contribution in [1.82, 2.24) is 9.29 Å². The maximum atomic E-state index is 11.4. The molecule has 6 nitrogen and oxygen atoms in total. The maximum Gasteiger partial charge on any atom is 0.211 e. The number of pyridine rings is 1. The van der Waals surface area contributed by atoms with Crippen LogP contribution in [0.1, 0.15) is 5.56 Å². The number of nitrogens with zero attached hydrogens (tertiary/aromatic N) is 3. The highest BCUT2D eigenvalue weighted by atomic mass is 32.2. The Morgan fingerprint density at radius 3 is 2.39 bits per heavy atom. The van der Waals surface area contributed by atoms with Crippen molar-refractivity contribution in [1.29, 1.82) is 0 Å². The van der Waals surface area contributed by atoms with E-state index >= 15 is 0 Å². The SMILES string of the molecule is Cc1cnc(N2CCN(S(C)(=O)=O)CC2)cc1N. The van der Waals surface area contributed by atoms with Gasteiger partial charge in [-0.2, -0.15) is 4.31 Å². The first-order valence-electron chi connectivity index (χ1n) is 5.80. The quantitative estimate of drug-likeness (QED) is 0.821. The number of anilines is 2. The van der Waals surface area contributed by atoms with E-state index in [0.717, 1.165) is 11.4 Å². The van der Waals surface area contributed by atoms with E-state index in [1.54, 1.807) is 6.20 Å². The Hall–Kier alpha value is -1.34. The fourth-order valence-electron chi connectivity index (χ4n) is 1.95. The zero-order valence-electron chi connectivity index (χ0n) is 10.6. The number of nitrogen functional groups attached to an aromatic ring is 1. The third-order valence-electron chi connectivity index (χ3n) is 3.16. The Bertz CT molecular complexity index is 536. The van der Waals surface area contributed by atoms with Crippen LogP contribution in [0.5, 0.6) is 0 Å². The number of aryl methyl sites for hydroxylation is 1. The predicted octanol–water partition coefficient (Wildman–Crippen LogP) is 0.0538. The molecule has 18 heavy (non-hydrogen) atoms. The van der Waals surface area contributed by atoms with Gasteiger partial charge < -0.3 is 10.6 Å². The topological polar surface area (TPSA) is 79.5 Å². The molecule has 1 aromatic heterocycles. The van der Waals surface area contributed by atoms with E-state index in [4.69, 9.17) is 5.73 Å². The van der Waals surface area contributed by atoms with Crippen LogP contribution < -0.4 is 10.6 Å². The Kier molecular flexibility index (Phi) is 3.45. The van der Waals surface area contributed by atoms with Crippen LogP contribution in [0.4, 0.5) is 11.5 Å². The highest BCUT2D eigenvalue weighted by molar-refractivity contribution is 7.88. The summed E-state index contributed by atoms with van der Waals surface area (Å²) >= 11 is 0. The van der Waals surface area contributed by atoms with Gasteiger partial charge in [-0.05, 0) is 12.5 Å². The number of piperazine rings is 1. The summed E-state index contributed by atoms with van der Waals surface area (Å²) in [5, 5.41) is 0. The summed E-state index contributed by atoms with van der Waals surface area (Å²) in [7, 11) is -3.08. The van der Waals surface area contributed by atoms with Crippen LogP contribution in [0.2, 0.25) is 0 Å². The van der Waals surface area contributed by atoms with Crippen molar-refractivity contribution < 1.29 is 8.42 Å². The van der Waals surface area contributed by atoms with E-state index in [1.807, 2.05) is 13.0 Å². The van der Waals surface area contributed by atoms with Crippen LogP contribution in [0.3, 0.4) is 0 Å². The van der Waals surface area contributed by atoms with Crippen LogP contribution in [0, 0.1) is 6.92 Å². The van der Waals surface area contributed by atoms with Crippen LogP contribution in [-0.4, -0.2) is 50.1 Å². The van der Waals surface area contributed by atoms with Crippen molar-refractivity contribution >= 4 is 21.5 Å². The molecule has 2 heterocycles. The first-order valence-corrected chi connectivity index (χ1v) is 7.65. The molecule has 0 unspecified atom stereocenters. The number of sulfonamides is 1. The van der Waals surface area contributed by atoms with Crippen molar-refractivity contribution in [2.45, 2.75) is 6.92 Å². The summed E-state index contributed by atoms with van der Waals surface area (Å²) < 4.78 is 24.3. The number of hydrogen-bond donors (Lipinski definition) is 1. The normalized spacial score (nSPS) is 18.0. The summed E-state index contributed by atoms with van der Waals surface area (Å²) in [5.41, 5.74) is 7.52. The fraction of sp³-hybridized carbons (Fsp3) is 0.545. The summed E-state index contributed by atoms with van der Waals surface area (Å²) in [6.45, 7) is 4.18. The molecule has 7 heteroatoms. The van der Waals surface area contributed by atoms with Crippen LogP contribution in [-0.2, 0) is 10.0 Å². The lowest BCUT2D eigenvalue weighted by molar-refractivity contribution is 0.387. The molecule has 0 bridgehead atoms. The zero-order chi connectivity index (χ0) is 13.3. The predicted molar refractivity (Wildman–Crippen MR) is 72.0 cm³/mol. The summed E-state index contributed by atoms with van der Waals surface area (Å²) in [5.74, 6) is 0.811. The monoisotopic (exact) mass is 270 g/mol. The van der Waals surface area contributed by atoms with Gasteiger partial charge >= 0.3 is 0 Å². The summed E-state index contributed by atoms with van der Waals surface area (Å²) in [6, 6.07) is 1.84. The van der Waals surface area contributed by atoms with Crippen molar-refractivity contribution in [2.24, 2.45) is 0 Å². The van der Waals surface area contributed by atoms with E-state index in [2.05, 4.69) is 9.88 Å². The van der Waals surface area contributed by atoms with Crippen LogP contribution in [0.15, 0.2) is 12.3 Å². The number of hydrogen-bond acceptors (Lipinski definition) is 5. The average molecular weight is 270 g/mol. The second kappa shape index (κ2) is 4.74. The minimum absolute atomic E-state index is 0.494. The number of aromatic nitrogens is 1. The first kappa shape index (κ1) is 13.1. The van der Waals surface area contributed by atoms with Gasteiger partial charge in [0.25, 0.3) is 0 Å². The first-order chi connectivity index (χ1) is 8.38. The fourth-order valence-corrected chi connectivity index (χ4v) is 2.78. The summed E-state index contributed by atoms with van der Waals surface area (Å²) in [4.78, 5) is 6.38. The van der Waals surface area contributed by atoms with Gasteiger partial charge in [-0.1, -0.05) is 0 Å². The minimum atomic E-state index is -3.08. The second-order valence-electron chi connectivity index (χ2n) is 4.55. The van der Waals surface area contributed by atoms with Crippen LogP contribution in [0.25, 0.3) is 0 Å². The molecule has 2 rings (SSSR count). The second-order valence-corrected chi connectivity index (χ2v) is 6.53. The van der Waals surface area contributed by atoms with Gasteiger partial charge in [0.1, 0.15) is 5.82 Å². The molecular weight excluding hydrogens is 252 g/mol.